The maximum absolute atomic E-state index is 13.5. The molecule has 1 N–H and O–H groups in total. The fourth-order valence-electron chi connectivity index (χ4n) is 2.26. The molecular formula is C12H18ClFN4. The first kappa shape index (κ1) is 13.5. The normalized spacial score (nSPS) is 17.9. The molecule has 1 aliphatic rings. The van der Waals surface area contributed by atoms with Gasteiger partial charge in [0.2, 0.25) is 5.28 Å². The molecule has 0 bridgehead atoms. The van der Waals surface area contributed by atoms with Crippen molar-refractivity contribution >= 4 is 17.4 Å². The monoisotopic (exact) mass is 272 g/mol. The van der Waals surface area contributed by atoms with E-state index in [9.17, 15) is 4.39 Å². The summed E-state index contributed by atoms with van der Waals surface area (Å²) in [5.41, 5.74) is 0. The molecule has 2 rings (SSSR count). The highest BCUT2D eigenvalue weighted by molar-refractivity contribution is 6.28. The molecule has 6 heteroatoms. The molecule has 1 aromatic heterocycles. The molecule has 1 saturated heterocycles. The Kier molecular flexibility index (Phi) is 4.72. The molecule has 0 spiro atoms. The van der Waals surface area contributed by atoms with E-state index in [1.807, 2.05) is 0 Å². The highest BCUT2D eigenvalue weighted by Gasteiger charge is 2.20. The number of halogens is 2. The Morgan fingerprint density at radius 2 is 2.22 bits per heavy atom. The van der Waals surface area contributed by atoms with Crippen molar-refractivity contribution in [3.63, 3.8) is 0 Å². The standard InChI is InChI=1S/C12H18ClFN4/c1-2-5-18-6-3-9(4-7-18)16-11-10(14)8-15-12(13)17-11/h8-9H,2-7H2,1H3,(H,15,16,17). The van der Waals surface area contributed by atoms with Gasteiger partial charge in [0.1, 0.15) is 0 Å². The second kappa shape index (κ2) is 6.29. The zero-order valence-electron chi connectivity index (χ0n) is 10.5. The van der Waals surface area contributed by atoms with Crippen LogP contribution >= 0.6 is 11.6 Å². The van der Waals surface area contributed by atoms with Crippen LogP contribution in [0, 0.1) is 5.82 Å². The van der Waals surface area contributed by atoms with Crippen molar-refractivity contribution in [1.82, 2.24) is 14.9 Å². The predicted octanol–water partition coefficient (Wildman–Crippen LogP) is 2.56. The van der Waals surface area contributed by atoms with Gasteiger partial charge in [-0.2, -0.15) is 4.98 Å². The van der Waals surface area contributed by atoms with Gasteiger partial charge >= 0.3 is 0 Å². The van der Waals surface area contributed by atoms with Gasteiger partial charge in [0.05, 0.1) is 6.20 Å². The van der Waals surface area contributed by atoms with Gasteiger partial charge in [-0.15, -0.1) is 0 Å². The molecule has 0 radical (unpaired) electrons. The Balaban J connectivity index is 1.89. The summed E-state index contributed by atoms with van der Waals surface area (Å²) in [6, 6.07) is 0.263. The van der Waals surface area contributed by atoms with E-state index < -0.39 is 5.82 Å². The molecule has 1 fully saturated rings. The molecule has 0 saturated carbocycles. The summed E-state index contributed by atoms with van der Waals surface area (Å²) in [7, 11) is 0. The first-order valence-corrected chi connectivity index (χ1v) is 6.73. The lowest BCUT2D eigenvalue weighted by Crippen LogP contribution is -2.39. The van der Waals surface area contributed by atoms with Crippen molar-refractivity contribution < 1.29 is 4.39 Å². The number of piperidine rings is 1. The van der Waals surface area contributed by atoms with Gasteiger partial charge in [-0.3, -0.25) is 0 Å². The van der Waals surface area contributed by atoms with Crippen molar-refractivity contribution in [3.05, 3.63) is 17.3 Å². The van der Waals surface area contributed by atoms with E-state index in [2.05, 4.69) is 27.1 Å². The van der Waals surface area contributed by atoms with Gasteiger partial charge in [-0.1, -0.05) is 6.92 Å². The third kappa shape index (κ3) is 3.53. The van der Waals surface area contributed by atoms with Crippen molar-refractivity contribution in [1.29, 1.82) is 0 Å². The van der Waals surface area contributed by atoms with Crippen LogP contribution in [0.25, 0.3) is 0 Å². The Bertz CT molecular complexity index is 394. The molecular weight excluding hydrogens is 255 g/mol. The van der Waals surface area contributed by atoms with Crippen LogP contribution in [0.4, 0.5) is 10.2 Å². The largest absolute Gasteiger partial charge is 0.365 e. The molecule has 1 aromatic rings. The van der Waals surface area contributed by atoms with Crippen LogP contribution in [-0.4, -0.2) is 40.5 Å². The second-order valence-corrected chi connectivity index (χ2v) is 4.93. The minimum Gasteiger partial charge on any atom is -0.365 e. The van der Waals surface area contributed by atoms with Crippen LogP contribution in [0.5, 0.6) is 0 Å². The number of aromatic nitrogens is 2. The van der Waals surface area contributed by atoms with Gasteiger partial charge in [-0.25, -0.2) is 9.37 Å². The number of anilines is 1. The highest BCUT2D eigenvalue weighted by atomic mass is 35.5. The SMILES string of the molecule is CCCN1CCC(Nc2nc(Cl)ncc2F)CC1. The molecule has 0 amide bonds. The number of hydrogen-bond acceptors (Lipinski definition) is 4. The number of rotatable bonds is 4. The van der Waals surface area contributed by atoms with Crippen molar-refractivity contribution in [2.75, 3.05) is 25.0 Å². The van der Waals surface area contributed by atoms with Crippen molar-refractivity contribution in [3.8, 4) is 0 Å². The van der Waals surface area contributed by atoms with Crippen LogP contribution in [0.15, 0.2) is 6.20 Å². The molecule has 0 atom stereocenters. The van der Waals surface area contributed by atoms with Gasteiger partial charge in [-0.05, 0) is 37.4 Å². The van der Waals surface area contributed by atoms with E-state index in [4.69, 9.17) is 11.6 Å². The number of hydrogen-bond donors (Lipinski definition) is 1. The number of nitrogens with zero attached hydrogens (tertiary/aromatic N) is 3. The summed E-state index contributed by atoms with van der Waals surface area (Å²) in [6.45, 7) is 5.42. The van der Waals surface area contributed by atoms with Crippen LogP contribution in [0.2, 0.25) is 5.28 Å². The Labute approximate surface area is 112 Å². The predicted molar refractivity (Wildman–Crippen MR) is 70.4 cm³/mol. The van der Waals surface area contributed by atoms with Gasteiger partial charge in [0, 0.05) is 19.1 Å². The van der Waals surface area contributed by atoms with Gasteiger partial charge in [0.25, 0.3) is 0 Å². The van der Waals surface area contributed by atoms with Crippen LogP contribution in [-0.2, 0) is 0 Å². The first-order valence-electron chi connectivity index (χ1n) is 6.36. The maximum Gasteiger partial charge on any atom is 0.224 e. The zero-order chi connectivity index (χ0) is 13.0. The van der Waals surface area contributed by atoms with E-state index in [1.54, 1.807) is 0 Å². The second-order valence-electron chi connectivity index (χ2n) is 4.60. The average molecular weight is 273 g/mol. The fourth-order valence-corrected chi connectivity index (χ4v) is 2.39. The molecule has 2 heterocycles. The van der Waals surface area contributed by atoms with Gasteiger partial charge in [0.15, 0.2) is 11.6 Å². The minimum atomic E-state index is -0.449. The van der Waals surface area contributed by atoms with Crippen LogP contribution in [0.3, 0.4) is 0 Å². The minimum absolute atomic E-state index is 0.0716. The number of nitrogens with one attached hydrogen (secondary N) is 1. The average Bonchev–Trinajstić information content (AvgIpc) is 2.37. The fraction of sp³-hybridized carbons (Fsp3) is 0.667. The summed E-state index contributed by atoms with van der Waals surface area (Å²) in [6.07, 6.45) is 4.28. The van der Waals surface area contributed by atoms with E-state index in [0.717, 1.165) is 38.7 Å². The topological polar surface area (TPSA) is 41.0 Å². The zero-order valence-corrected chi connectivity index (χ0v) is 11.3. The highest BCUT2D eigenvalue weighted by Crippen LogP contribution is 2.18. The number of likely N-dealkylation sites (tertiary alicyclic amines) is 1. The molecule has 1 aliphatic heterocycles. The lowest BCUT2D eigenvalue weighted by atomic mass is 10.0. The Morgan fingerprint density at radius 3 is 2.89 bits per heavy atom. The van der Waals surface area contributed by atoms with E-state index in [-0.39, 0.29) is 17.1 Å². The Hall–Kier alpha value is -0.940. The van der Waals surface area contributed by atoms with Crippen molar-refractivity contribution in [2.45, 2.75) is 32.2 Å². The molecule has 4 nitrogen and oxygen atoms in total. The summed E-state index contributed by atoms with van der Waals surface area (Å²) in [5, 5.41) is 3.19. The summed E-state index contributed by atoms with van der Waals surface area (Å²) in [4.78, 5) is 9.91. The van der Waals surface area contributed by atoms with E-state index in [1.165, 1.54) is 6.42 Å². The lowest BCUT2D eigenvalue weighted by molar-refractivity contribution is 0.219. The molecule has 0 aliphatic carbocycles. The first-order chi connectivity index (χ1) is 8.69. The third-order valence-corrected chi connectivity index (χ3v) is 3.37. The summed E-state index contributed by atoms with van der Waals surface area (Å²) >= 11 is 5.66. The van der Waals surface area contributed by atoms with Gasteiger partial charge < -0.3 is 10.2 Å². The van der Waals surface area contributed by atoms with Crippen LogP contribution < -0.4 is 5.32 Å². The lowest BCUT2D eigenvalue weighted by Gasteiger charge is -2.32. The molecule has 18 heavy (non-hydrogen) atoms. The summed E-state index contributed by atoms with van der Waals surface area (Å²) < 4.78 is 13.5. The Morgan fingerprint density at radius 1 is 1.50 bits per heavy atom. The third-order valence-electron chi connectivity index (χ3n) is 3.18. The summed E-state index contributed by atoms with van der Waals surface area (Å²) in [5.74, 6) is -0.237. The van der Waals surface area contributed by atoms with Crippen molar-refractivity contribution in [2.24, 2.45) is 0 Å². The molecule has 100 valence electrons. The smallest absolute Gasteiger partial charge is 0.224 e. The maximum atomic E-state index is 13.5. The van der Waals surface area contributed by atoms with Crippen LogP contribution in [0.1, 0.15) is 26.2 Å². The molecule has 0 aromatic carbocycles. The van der Waals surface area contributed by atoms with E-state index in [0.29, 0.717) is 0 Å². The molecule has 0 unspecified atom stereocenters. The quantitative estimate of drug-likeness (QED) is 0.856. The van der Waals surface area contributed by atoms with E-state index >= 15 is 0 Å².